The van der Waals surface area contributed by atoms with E-state index in [1.807, 2.05) is 19.1 Å². The highest BCUT2D eigenvalue weighted by Crippen LogP contribution is 2.43. The molecule has 2 aliphatic rings. The van der Waals surface area contributed by atoms with Gasteiger partial charge in [0.2, 0.25) is 0 Å². The van der Waals surface area contributed by atoms with Crippen LogP contribution in [0.1, 0.15) is 58.4 Å². The normalized spacial score (nSPS) is 17.2. The summed E-state index contributed by atoms with van der Waals surface area (Å²) < 4.78 is 70.8. The third kappa shape index (κ3) is 5.53. The Kier molecular flexibility index (Phi) is 7.85. The van der Waals surface area contributed by atoms with Crippen molar-refractivity contribution < 1.29 is 26.7 Å². The number of nitrogens with zero attached hydrogens (tertiary/aromatic N) is 3. The van der Waals surface area contributed by atoms with E-state index in [-0.39, 0.29) is 24.4 Å². The van der Waals surface area contributed by atoms with Crippen molar-refractivity contribution >= 4 is 0 Å². The molecule has 6 rings (SSSR count). The maximum Gasteiger partial charge on any atom is 0.416 e. The van der Waals surface area contributed by atoms with Crippen molar-refractivity contribution in [2.24, 2.45) is 5.73 Å². The van der Waals surface area contributed by atoms with E-state index in [2.05, 4.69) is 4.90 Å². The maximum absolute atomic E-state index is 15.0. The number of hydrogen-bond acceptors (Lipinski definition) is 6. The Morgan fingerprint density at radius 1 is 0.955 bits per heavy atom. The fraction of sp³-hybridized carbons (Fsp3) is 0.375. The van der Waals surface area contributed by atoms with Crippen LogP contribution in [0, 0.1) is 12.7 Å². The van der Waals surface area contributed by atoms with Gasteiger partial charge in [-0.25, -0.2) is 9.18 Å². The quantitative estimate of drug-likeness (QED) is 0.300. The van der Waals surface area contributed by atoms with Gasteiger partial charge in [0.25, 0.3) is 5.56 Å². The second-order valence-corrected chi connectivity index (χ2v) is 11.5. The minimum atomic E-state index is -4.86. The molecule has 0 unspecified atom stereocenters. The molecule has 1 atom stereocenters. The topological polar surface area (TPSA) is 95.6 Å². The van der Waals surface area contributed by atoms with Crippen molar-refractivity contribution in [1.82, 2.24) is 14.0 Å². The number of alkyl halides is 3. The molecule has 1 saturated heterocycles. The van der Waals surface area contributed by atoms with Crippen LogP contribution in [-0.2, 0) is 42.8 Å². The Hall–Kier alpha value is -4.00. The smallest absolute Gasteiger partial charge is 0.416 e. The van der Waals surface area contributed by atoms with Gasteiger partial charge in [0.1, 0.15) is 22.9 Å². The number of aryl methyl sites for hydroxylation is 1. The Labute approximate surface area is 250 Å². The van der Waals surface area contributed by atoms with Crippen LogP contribution in [0.3, 0.4) is 0 Å². The predicted molar refractivity (Wildman–Crippen MR) is 153 cm³/mol. The van der Waals surface area contributed by atoms with Crippen molar-refractivity contribution in [3.8, 4) is 0 Å². The molecule has 2 aromatic heterocycles. The predicted octanol–water partition coefficient (Wildman–Crippen LogP) is 4.84. The van der Waals surface area contributed by atoms with Crippen molar-refractivity contribution in [3.63, 3.8) is 0 Å². The molecule has 0 aliphatic carbocycles. The fourth-order valence-electron chi connectivity index (χ4n) is 6.35. The summed E-state index contributed by atoms with van der Waals surface area (Å²) in [5.41, 5.74) is 3.07. The number of aromatic nitrogens is 2. The van der Waals surface area contributed by atoms with E-state index in [1.165, 1.54) is 0 Å². The van der Waals surface area contributed by atoms with Crippen LogP contribution < -0.4 is 17.0 Å². The third-order valence-corrected chi connectivity index (χ3v) is 8.66. The lowest BCUT2D eigenvalue weighted by Crippen LogP contribution is -2.49. The van der Waals surface area contributed by atoms with E-state index in [9.17, 15) is 27.2 Å². The van der Waals surface area contributed by atoms with Gasteiger partial charge in [0.15, 0.2) is 0 Å². The summed E-state index contributed by atoms with van der Waals surface area (Å²) in [4.78, 5) is 30.2. The number of ether oxygens (including phenoxy) is 1. The van der Waals surface area contributed by atoms with Crippen LogP contribution in [-0.4, -0.2) is 27.1 Å². The average molecular weight is 613 g/mol. The van der Waals surface area contributed by atoms with Crippen molar-refractivity contribution in [3.05, 3.63) is 127 Å². The molecule has 4 heterocycles. The summed E-state index contributed by atoms with van der Waals surface area (Å²) in [5, 5.41) is 0. The Morgan fingerprint density at radius 3 is 2.34 bits per heavy atom. The number of hydrogen-bond donors (Lipinski definition) is 1. The largest absolute Gasteiger partial charge is 0.465 e. The molecular formula is C32H32F4N4O4. The third-order valence-electron chi connectivity index (χ3n) is 8.66. The monoisotopic (exact) mass is 612 g/mol. The second kappa shape index (κ2) is 11.5. The zero-order chi connectivity index (χ0) is 31.2. The maximum atomic E-state index is 15.0. The molecule has 44 heavy (non-hydrogen) atoms. The van der Waals surface area contributed by atoms with Crippen LogP contribution in [0.4, 0.5) is 17.6 Å². The van der Waals surface area contributed by atoms with E-state index in [4.69, 9.17) is 14.9 Å². The lowest BCUT2D eigenvalue weighted by Gasteiger charge is -2.38. The summed E-state index contributed by atoms with van der Waals surface area (Å²) in [7, 11) is 0. The molecule has 8 nitrogen and oxygen atoms in total. The van der Waals surface area contributed by atoms with Crippen molar-refractivity contribution in [2.45, 2.75) is 63.8 Å². The zero-order valence-corrected chi connectivity index (χ0v) is 24.1. The molecule has 0 saturated carbocycles. The molecule has 12 heteroatoms. The number of piperidine rings is 1. The summed E-state index contributed by atoms with van der Waals surface area (Å²) in [5.74, 6) is 0.509. The zero-order valence-electron chi connectivity index (χ0n) is 24.1. The van der Waals surface area contributed by atoms with Gasteiger partial charge in [0, 0.05) is 24.7 Å². The van der Waals surface area contributed by atoms with Crippen LogP contribution in [0.5, 0.6) is 0 Å². The van der Waals surface area contributed by atoms with Crippen LogP contribution in [0.2, 0.25) is 0 Å². The molecular weight excluding hydrogens is 580 g/mol. The van der Waals surface area contributed by atoms with Gasteiger partial charge < -0.3 is 14.9 Å². The fourth-order valence-corrected chi connectivity index (χ4v) is 6.35. The first kappa shape index (κ1) is 30.0. The van der Waals surface area contributed by atoms with E-state index in [0.717, 1.165) is 38.9 Å². The summed E-state index contributed by atoms with van der Waals surface area (Å²) >= 11 is 0. The van der Waals surface area contributed by atoms with Gasteiger partial charge >= 0.3 is 11.9 Å². The van der Waals surface area contributed by atoms with E-state index >= 15 is 0 Å². The highest BCUT2D eigenvalue weighted by Gasteiger charge is 2.47. The Balaban J connectivity index is 1.43. The number of likely N-dealkylation sites (tertiary alicyclic amines) is 1. The Morgan fingerprint density at radius 2 is 1.68 bits per heavy atom. The van der Waals surface area contributed by atoms with Gasteiger partial charge in [-0.3, -0.25) is 18.8 Å². The molecule has 232 valence electrons. The lowest BCUT2D eigenvalue weighted by atomic mass is 9.85. The van der Waals surface area contributed by atoms with Crippen molar-refractivity contribution in [1.29, 1.82) is 0 Å². The first-order chi connectivity index (χ1) is 21.0. The molecule has 1 fully saturated rings. The Bertz CT molecular complexity index is 1790. The molecule has 2 N–H and O–H groups in total. The van der Waals surface area contributed by atoms with Gasteiger partial charge in [-0.1, -0.05) is 36.4 Å². The van der Waals surface area contributed by atoms with Crippen molar-refractivity contribution in [2.75, 3.05) is 13.1 Å². The highest BCUT2D eigenvalue weighted by atomic mass is 19.4. The summed E-state index contributed by atoms with van der Waals surface area (Å²) in [6, 6.07) is 14.6. The highest BCUT2D eigenvalue weighted by molar-refractivity contribution is 5.35. The molecule has 4 aromatic rings. The minimum absolute atomic E-state index is 0.163. The summed E-state index contributed by atoms with van der Waals surface area (Å²) in [6.07, 6.45) is -4.04. The standard InChI is InChI=1S/C32H32F4N4O4/c1-20-10-11-22(44-20)16-38-14-12-31(13-15-38)28-27(19-43-31)39(17-23-24(32(34,35)36)8-5-9-25(23)33)30(42)40(29(28)41)18-26(37)21-6-3-2-4-7-21/h2-11,26H,12-19,37H2,1H3/t26-/m0/s1. The number of furan rings is 1. The molecule has 1 spiro atoms. The molecule has 0 radical (unpaired) electrons. The number of fused-ring (bicyclic) bond motifs is 2. The molecule has 2 aromatic carbocycles. The number of benzene rings is 2. The SMILES string of the molecule is Cc1ccc(CN2CCC3(CC2)OCc2c3c(=O)n(C[C@H](N)c3ccccc3)c(=O)n2Cc2c(F)cccc2C(F)(F)F)o1. The minimum Gasteiger partial charge on any atom is -0.465 e. The first-order valence-corrected chi connectivity index (χ1v) is 14.4. The average Bonchev–Trinajstić information content (AvgIpc) is 3.58. The molecule has 0 amide bonds. The molecule has 2 aliphatic heterocycles. The van der Waals surface area contributed by atoms with Gasteiger partial charge in [-0.05, 0) is 49.6 Å². The van der Waals surface area contributed by atoms with Crippen LogP contribution in [0.25, 0.3) is 0 Å². The summed E-state index contributed by atoms with van der Waals surface area (Å²) in [6.45, 7) is 2.41. The van der Waals surface area contributed by atoms with Gasteiger partial charge in [-0.2, -0.15) is 13.2 Å². The van der Waals surface area contributed by atoms with E-state index in [1.54, 1.807) is 30.3 Å². The van der Waals surface area contributed by atoms with Crippen LogP contribution >= 0.6 is 0 Å². The van der Waals surface area contributed by atoms with E-state index in [0.29, 0.717) is 38.0 Å². The second-order valence-electron chi connectivity index (χ2n) is 11.5. The van der Waals surface area contributed by atoms with Gasteiger partial charge in [0.05, 0.1) is 43.1 Å². The lowest BCUT2D eigenvalue weighted by molar-refractivity contribution is -0.138. The van der Waals surface area contributed by atoms with E-state index < -0.39 is 52.6 Å². The number of halogens is 4. The number of rotatable bonds is 7. The van der Waals surface area contributed by atoms with Crippen LogP contribution in [0.15, 0.2) is 74.7 Å². The molecule has 0 bridgehead atoms. The van der Waals surface area contributed by atoms with Gasteiger partial charge in [-0.15, -0.1) is 0 Å². The number of nitrogens with two attached hydrogens (primary N) is 1. The first-order valence-electron chi connectivity index (χ1n) is 14.4.